The standard InChI is InChI=1S/C48H60B2O8/c1-9-31(6)27-52-44-22-38-39-23-45(53-28-32(7)10-2)47(54-29-33(8)11-3)25-43(39)48(42(38)24-46(44)51-26-30(4)5)40-20-34(49-55-16-17-56-49)12-14-36(40)37-15-13-35(21-41(37)48)50-57-18-19-58-50/h12-15,20-25,30-33H,9-11,16-19,26-29H2,1-8H3. The molecule has 0 amide bonds. The third-order valence-electron chi connectivity index (χ3n) is 12.5. The van der Waals surface area contributed by atoms with Crippen LogP contribution in [-0.2, 0) is 24.0 Å². The van der Waals surface area contributed by atoms with Gasteiger partial charge in [-0.05, 0) is 103 Å². The van der Waals surface area contributed by atoms with E-state index >= 15 is 0 Å². The van der Waals surface area contributed by atoms with Gasteiger partial charge in [-0.1, -0.05) is 111 Å². The van der Waals surface area contributed by atoms with Crippen LogP contribution in [0.15, 0.2) is 60.7 Å². The summed E-state index contributed by atoms with van der Waals surface area (Å²) in [4.78, 5) is 0. The van der Waals surface area contributed by atoms with Crippen LogP contribution in [0, 0.1) is 23.7 Å². The Morgan fingerprint density at radius 3 is 1.17 bits per heavy atom. The first kappa shape index (κ1) is 40.8. The van der Waals surface area contributed by atoms with Crippen molar-refractivity contribution in [3.8, 4) is 45.3 Å². The van der Waals surface area contributed by atoms with Crippen LogP contribution in [0.3, 0.4) is 0 Å². The van der Waals surface area contributed by atoms with E-state index in [1.165, 1.54) is 0 Å². The second-order valence-corrected chi connectivity index (χ2v) is 17.4. The van der Waals surface area contributed by atoms with Crippen LogP contribution in [-0.4, -0.2) is 67.1 Å². The summed E-state index contributed by atoms with van der Waals surface area (Å²) in [5.74, 6) is 4.50. The minimum Gasteiger partial charge on any atom is -0.489 e. The number of benzene rings is 4. The second-order valence-electron chi connectivity index (χ2n) is 17.4. The van der Waals surface area contributed by atoms with Crippen LogP contribution < -0.4 is 29.9 Å². The van der Waals surface area contributed by atoms with E-state index in [1.807, 2.05) is 0 Å². The number of rotatable bonds is 17. The highest BCUT2D eigenvalue weighted by atomic mass is 16.6. The van der Waals surface area contributed by atoms with Gasteiger partial charge in [0.15, 0.2) is 23.0 Å². The summed E-state index contributed by atoms with van der Waals surface area (Å²) in [7, 11) is -0.872. The van der Waals surface area contributed by atoms with E-state index in [2.05, 4.69) is 116 Å². The lowest BCUT2D eigenvalue weighted by atomic mass is 9.67. The molecular formula is C48H60B2O8. The maximum absolute atomic E-state index is 6.80. The molecule has 8 nitrogen and oxygen atoms in total. The van der Waals surface area contributed by atoms with Gasteiger partial charge >= 0.3 is 14.2 Å². The number of hydrogen-bond acceptors (Lipinski definition) is 8. The summed E-state index contributed by atoms with van der Waals surface area (Å²) in [6, 6.07) is 22.4. The Morgan fingerprint density at radius 2 is 0.810 bits per heavy atom. The molecule has 306 valence electrons. The van der Waals surface area contributed by atoms with E-state index in [4.69, 9.17) is 37.6 Å². The molecule has 3 atom stereocenters. The van der Waals surface area contributed by atoms with E-state index in [1.54, 1.807) is 0 Å². The topological polar surface area (TPSA) is 73.8 Å². The van der Waals surface area contributed by atoms with Crippen molar-refractivity contribution in [3.05, 3.63) is 82.9 Å². The third kappa shape index (κ3) is 7.55. The first-order valence-electron chi connectivity index (χ1n) is 21.8. The van der Waals surface area contributed by atoms with Crippen LogP contribution in [0.5, 0.6) is 23.0 Å². The molecule has 0 bridgehead atoms. The third-order valence-corrected chi connectivity index (χ3v) is 12.5. The van der Waals surface area contributed by atoms with Crippen molar-refractivity contribution < 1.29 is 37.6 Å². The predicted molar refractivity (Wildman–Crippen MR) is 233 cm³/mol. The van der Waals surface area contributed by atoms with E-state index in [9.17, 15) is 0 Å². The highest BCUT2D eigenvalue weighted by molar-refractivity contribution is 6.62. The van der Waals surface area contributed by atoms with Crippen LogP contribution in [0.2, 0.25) is 0 Å². The number of hydrogen-bond donors (Lipinski definition) is 0. The molecule has 2 aliphatic carbocycles. The quantitative estimate of drug-likeness (QED) is 0.0851. The van der Waals surface area contributed by atoms with Crippen molar-refractivity contribution in [2.75, 3.05) is 52.9 Å². The highest BCUT2D eigenvalue weighted by Gasteiger charge is 2.54. The van der Waals surface area contributed by atoms with Crippen LogP contribution in [0.1, 0.15) is 96.9 Å². The average molecular weight is 787 g/mol. The first-order valence-corrected chi connectivity index (χ1v) is 21.8. The molecule has 10 heteroatoms. The fraction of sp³-hybridized carbons (Fsp3) is 0.500. The van der Waals surface area contributed by atoms with E-state index in [0.29, 0.717) is 76.5 Å². The van der Waals surface area contributed by atoms with E-state index in [0.717, 1.165) is 97.7 Å². The number of fused-ring (bicyclic) bond motifs is 10. The molecule has 4 aliphatic rings. The summed E-state index contributed by atoms with van der Waals surface area (Å²) in [5.41, 5.74) is 10.3. The molecule has 3 unspecified atom stereocenters. The van der Waals surface area contributed by atoms with Gasteiger partial charge < -0.3 is 37.6 Å². The monoisotopic (exact) mass is 786 g/mol. The summed E-state index contributed by atoms with van der Waals surface area (Å²) in [6.07, 6.45) is 3.07. The Kier molecular flexibility index (Phi) is 12.2. The number of ether oxygens (including phenoxy) is 4. The average Bonchev–Trinajstić information content (AvgIpc) is 4.07. The van der Waals surface area contributed by atoms with Crippen LogP contribution in [0.4, 0.5) is 0 Å². The van der Waals surface area contributed by atoms with Crippen LogP contribution >= 0.6 is 0 Å². The molecule has 0 aromatic heterocycles. The second kappa shape index (κ2) is 17.3. The zero-order chi connectivity index (χ0) is 40.6. The molecule has 8 rings (SSSR count). The molecular weight excluding hydrogens is 726 g/mol. The summed E-state index contributed by atoms with van der Waals surface area (Å²) in [5, 5.41) is 0. The summed E-state index contributed by atoms with van der Waals surface area (Å²) in [6.45, 7) is 22.3. The van der Waals surface area contributed by atoms with Crippen molar-refractivity contribution in [2.24, 2.45) is 23.7 Å². The molecule has 2 aliphatic heterocycles. The van der Waals surface area contributed by atoms with Crippen molar-refractivity contribution >= 4 is 25.2 Å². The van der Waals surface area contributed by atoms with Gasteiger partial charge in [-0.3, -0.25) is 0 Å². The zero-order valence-corrected chi connectivity index (χ0v) is 35.8. The molecule has 4 aromatic rings. The smallest absolute Gasteiger partial charge is 0.489 e. The Labute approximate surface area is 346 Å². The normalized spacial score (nSPS) is 17.6. The predicted octanol–water partition coefficient (Wildman–Crippen LogP) is 8.82. The summed E-state index contributed by atoms with van der Waals surface area (Å²) < 4.78 is 51.5. The van der Waals surface area contributed by atoms with Crippen LogP contribution in [0.25, 0.3) is 22.3 Å². The Balaban J connectivity index is 1.43. The van der Waals surface area contributed by atoms with E-state index < -0.39 is 19.7 Å². The largest absolute Gasteiger partial charge is 0.494 e. The lowest BCUT2D eigenvalue weighted by molar-refractivity contribution is 0.217. The molecule has 0 radical (unpaired) electrons. The Morgan fingerprint density at radius 1 is 0.466 bits per heavy atom. The Hall–Kier alpha value is -3.95. The van der Waals surface area contributed by atoms with Gasteiger partial charge in [-0.15, -0.1) is 0 Å². The van der Waals surface area contributed by atoms with Gasteiger partial charge in [0.2, 0.25) is 0 Å². The summed E-state index contributed by atoms with van der Waals surface area (Å²) >= 11 is 0. The van der Waals surface area contributed by atoms with Crippen molar-refractivity contribution in [1.82, 2.24) is 0 Å². The molecule has 0 saturated carbocycles. The van der Waals surface area contributed by atoms with Crippen molar-refractivity contribution in [1.29, 1.82) is 0 Å². The minimum absolute atomic E-state index is 0.327. The van der Waals surface area contributed by atoms with Gasteiger partial charge in [0, 0.05) is 0 Å². The van der Waals surface area contributed by atoms with Gasteiger partial charge in [0.1, 0.15) is 0 Å². The fourth-order valence-corrected chi connectivity index (χ4v) is 8.42. The maximum Gasteiger partial charge on any atom is 0.494 e. The van der Waals surface area contributed by atoms with Gasteiger partial charge in [-0.25, -0.2) is 0 Å². The van der Waals surface area contributed by atoms with Gasteiger partial charge in [-0.2, -0.15) is 0 Å². The zero-order valence-electron chi connectivity index (χ0n) is 35.8. The minimum atomic E-state index is -0.770. The maximum atomic E-state index is 6.80. The van der Waals surface area contributed by atoms with Gasteiger partial charge in [0.05, 0.1) is 58.3 Å². The molecule has 2 heterocycles. The Bertz CT molecular complexity index is 2020. The molecule has 2 saturated heterocycles. The SMILES string of the molecule is CCC(C)COc1cc2c(cc1OCC(C)C)C1(c3cc(B4OCCO4)ccc3-c3ccc(B4OCCO4)cc31)c1cc(OCC(C)CC)c(OCC(C)CC)cc1-2. The fourth-order valence-electron chi connectivity index (χ4n) is 8.42. The van der Waals surface area contributed by atoms with Crippen molar-refractivity contribution in [2.45, 2.75) is 80.1 Å². The van der Waals surface area contributed by atoms with Gasteiger partial charge in [0.25, 0.3) is 0 Å². The first-order chi connectivity index (χ1) is 28.2. The molecule has 2 fully saturated rings. The lowest BCUT2D eigenvalue weighted by Gasteiger charge is -2.32. The lowest BCUT2D eigenvalue weighted by Crippen LogP contribution is -2.35. The van der Waals surface area contributed by atoms with E-state index in [-0.39, 0.29) is 0 Å². The molecule has 58 heavy (non-hydrogen) atoms. The highest BCUT2D eigenvalue weighted by Crippen LogP contribution is 2.65. The molecule has 1 spiro atoms. The molecule has 0 N–H and O–H groups in total. The molecule has 4 aromatic carbocycles. The van der Waals surface area contributed by atoms with Crippen molar-refractivity contribution in [3.63, 3.8) is 0 Å².